The number of thioether (sulfide) groups is 1. The van der Waals surface area contributed by atoms with Gasteiger partial charge in [-0.3, -0.25) is 14.1 Å². The smallest absolute Gasteiger partial charge is 0.325 e. The second kappa shape index (κ2) is 27.6. The van der Waals surface area contributed by atoms with Crippen LogP contribution in [0.4, 0.5) is 27.1 Å². The Kier molecular flexibility index (Phi) is 21.5. The summed E-state index contributed by atoms with van der Waals surface area (Å²) >= 11 is 8.06. The molecular weight excluding hydrogens is 1120 g/mol. The first-order chi connectivity index (χ1) is 37.8. The van der Waals surface area contributed by atoms with Crippen LogP contribution in [0.5, 0.6) is 0 Å². The molecule has 1 atom stereocenters. The van der Waals surface area contributed by atoms with E-state index in [0.29, 0.717) is 71.1 Å². The van der Waals surface area contributed by atoms with Gasteiger partial charge >= 0.3 is 13.6 Å². The Balaban J connectivity index is 0.000000236. The van der Waals surface area contributed by atoms with Gasteiger partial charge in [0.1, 0.15) is 5.82 Å². The van der Waals surface area contributed by atoms with E-state index < -0.39 is 33.3 Å². The number of carbonyl (C=O) groups excluding carboxylic acids is 1. The summed E-state index contributed by atoms with van der Waals surface area (Å²) in [7, 11) is -11.1. The number of sulfone groups is 1. The van der Waals surface area contributed by atoms with Crippen LogP contribution in [0.3, 0.4) is 0 Å². The molecule has 8 rings (SSSR count). The minimum atomic E-state index is -4.04. The minimum Gasteiger partial charge on any atom is -0.465 e. The highest BCUT2D eigenvalue weighted by molar-refractivity contribution is 7.99. The van der Waals surface area contributed by atoms with Crippen LogP contribution in [-0.4, -0.2) is 125 Å². The van der Waals surface area contributed by atoms with Crippen LogP contribution < -0.4 is 19.8 Å². The molecule has 0 spiro atoms. The molecule has 80 heavy (non-hydrogen) atoms. The largest absolute Gasteiger partial charge is 0.465 e. The summed E-state index contributed by atoms with van der Waals surface area (Å²) in [6.45, 7) is 15.3. The number of hydrogen-bond donors (Lipinski definition) is 4. The first-order valence-corrected chi connectivity index (χ1v) is 33.8. The number of halogens is 2. The molecule has 0 aliphatic carbocycles. The van der Waals surface area contributed by atoms with E-state index in [1.54, 1.807) is 31.2 Å². The number of ether oxygens (including phenoxy) is 1. The molecule has 2 aliphatic heterocycles. The number of aromatic nitrogens is 1. The molecule has 0 saturated carbocycles. The summed E-state index contributed by atoms with van der Waals surface area (Å²) in [6.07, 6.45) is 4.75. The molecule has 3 heterocycles. The van der Waals surface area contributed by atoms with E-state index in [2.05, 4.69) is 81.1 Å². The number of esters is 1. The maximum Gasteiger partial charge on any atom is 0.325 e. The Morgan fingerprint density at radius 3 is 2.04 bits per heavy atom. The van der Waals surface area contributed by atoms with Gasteiger partial charge in [-0.25, -0.2) is 21.2 Å². The van der Waals surface area contributed by atoms with Crippen molar-refractivity contribution < 1.29 is 45.1 Å². The molecule has 2 aliphatic rings. The maximum absolute atomic E-state index is 15.4. The molecule has 1 aromatic heterocycles. The highest BCUT2D eigenvalue weighted by Gasteiger charge is 2.31. The fraction of sp³-hybridized carbons (Fsp3) is 0.407. The number of benzene rings is 5. The van der Waals surface area contributed by atoms with Crippen molar-refractivity contribution in [2.45, 2.75) is 82.2 Å². The number of piperazine rings is 1. The molecule has 0 bridgehead atoms. The number of aryl methyl sites for hydroxylation is 2. The molecule has 2 saturated heterocycles. The van der Waals surface area contributed by atoms with E-state index in [1.807, 2.05) is 66.6 Å². The lowest BCUT2D eigenvalue weighted by atomic mass is 9.96. The van der Waals surface area contributed by atoms with Crippen LogP contribution in [0.1, 0.15) is 62.4 Å². The Labute approximate surface area is 481 Å². The van der Waals surface area contributed by atoms with Gasteiger partial charge in [-0.1, -0.05) is 59.6 Å². The molecule has 4 N–H and O–H groups in total. The van der Waals surface area contributed by atoms with Crippen molar-refractivity contribution in [2.75, 3.05) is 96.7 Å². The van der Waals surface area contributed by atoms with E-state index in [0.717, 1.165) is 62.2 Å². The zero-order chi connectivity index (χ0) is 57.9. The van der Waals surface area contributed by atoms with E-state index in [1.165, 1.54) is 40.1 Å². The zero-order valence-corrected chi connectivity index (χ0v) is 50.7. The van der Waals surface area contributed by atoms with Crippen molar-refractivity contribution in [3.8, 4) is 22.4 Å². The van der Waals surface area contributed by atoms with Gasteiger partial charge in [-0.2, -0.15) is 0 Å². The van der Waals surface area contributed by atoms with Crippen molar-refractivity contribution in [1.29, 1.82) is 0 Å². The Bertz CT molecular complexity index is 3330. The molecule has 15 nitrogen and oxygen atoms in total. The molecule has 2 fully saturated rings. The van der Waals surface area contributed by atoms with Gasteiger partial charge in [-0.05, 0) is 163 Å². The third-order valence-electron chi connectivity index (χ3n) is 14.2. The van der Waals surface area contributed by atoms with Crippen LogP contribution in [0.2, 0.25) is 5.02 Å². The van der Waals surface area contributed by atoms with Crippen LogP contribution in [0.15, 0.2) is 125 Å². The lowest BCUT2D eigenvalue weighted by Gasteiger charge is -2.37. The van der Waals surface area contributed by atoms with Crippen LogP contribution in [0.25, 0.3) is 22.4 Å². The van der Waals surface area contributed by atoms with Crippen molar-refractivity contribution in [3.05, 3.63) is 143 Å². The second-order valence-corrected chi connectivity index (χ2v) is 28.1. The van der Waals surface area contributed by atoms with Crippen molar-refractivity contribution in [3.63, 3.8) is 0 Å². The van der Waals surface area contributed by atoms with Crippen LogP contribution >= 0.6 is 31.0 Å². The first-order valence-electron chi connectivity index (χ1n) is 26.9. The number of sulfonamides is 1. The van der Waals surface area contributed by atoms with Crippen molar-refractivity contribution in [1.82, 2.24) is 9.47 Å². The second-order valence-electron chi connectivity index (χ2n) is 21.1. The molecular formula is C59H75ClFN6O9PS3. The fourth-order valence-corrected chi connectivity index (χ4v) is 13.9. The van der Waals surface area contributed by atoms with Crippen LogP contribution in [-0.2, 0) is 34.0 Å². The van der Waals surface area contributed by atoms with E-state index >= 15 is 4.39 Å². The topological polar surface area (TPSA) is 191 Å². The summed E-state index contributed by atoms with van der Waals surface area (Å²) in [6, 6.07) is 36.4. The summed E-state index contributed by atoms with van der Waals surface area (Å²) in [5, 5.41) is 4.34. The maximum atomic E-state index is 15.4. The molecule has 0 radical (unpaired) electrons. The first kappa shape index (κ1) is 62.2. The SMILES string of the molecule is Cc1c(S(C)(=O)=O)c(-c2cc(F)cc(N3CCN(c4ccc(NS(C)(=O)=O)cc4)CC3)c2)c(-c2ccc(Cl)cc2)n1C(C)C.Cc1ccc(N[C@H](CCN2CCC(C(=O)OCCCP(=O)(O)O)CC2)CSc2ccccc2)c(C)c1. The number of carbonyl (C=O) groups is 1. The Morgan fingerprint density at radius 1 is 0.812 bits per heavy atom. The van der Waals surface area contributed by atoms with Gasteiger partial charge in [0.2, 0.25) is 10.0 Å². The van der Waals surface area contributed by atoms with Crippen molar-refractivity contribution >= 4 is 79.5 Å². The normalized spacial score (nSPS) is 15.1. The number of anilines is 4. The predicted octanol–water partition coefficient (Wildman–Crippen LogP) is 11.7. The quantitative estimate of drug-likeness (QED) is 0.0230. The molecule has 21 heteroatoms. The van der Waals surface area contributed by atoms with Gasteiger partial charge in [0.05, 0.1) is 35.5 Å². The number of nitrogens with zero attached hydrogens (tertiary/aromatic N) is 4. The number of rotatable bonds is 21. The van der Waals surface area contributed by atoms with E-state index in [4.69, 9.17) is 26.1 Å². The molecule has 0 unspecified atom stereocenters. The van der Waals surface area contributed by atoms with E-state index in [-0.39, 0.29) is 42.0 Å². The summed E-state index contributed by atoms with van der Waals surface area (Å²) in [5.74, 6) is 0.141. The number of likely N-dealkylation sites (tertiary alicyclic amines) is 1. The van der Waals surface area contributed by atoms with Gasteiger partial charge < -0.3 is 39.1 Å². The summed E-state index contributed by atoms with van der Waals surface area (Å²) in [5.41, 5.74) is 8.87. The van der Waals surface area contributed by atoms with Gasteiger partial charge in [-0.15, -0.1) is 11.8 Å². The zero-order valence-electron chi connectivity index (χ0n) is 46.6. The van der Waals surface area contributed by atoms with Gasteiger partial charge in [0, 0.05) is 101 Å². The summed E-state index contributed by atoms with van der Waals surface area (Å²) < 4.78 is 85.6. The molecule has 0 amide bonds. The third-order valence-corrected chi connectivity index (χ3v) is 18.4. The van der Waals surface area contributed by atoms with Gasteiger partial charge in [0.25, 0.3) is 0 Å². The highest BCUT2D eigenvalue weighted by Crippen LogP contribution is 2.45. The highest BCUT2D eigenvalue weighted by atomic mass is 35.5. The minimum absolute atomic E-state index is 0.0627. The predicted molar refractivity (Wildman–Crippen MR) is 325 cm³/mol. The molecule has 6 aromatic rings. The fourth-order valence-electron chi connectivity index (χ4n) is 10.4. The van der Waals surface area contributed by atoms with Crippen molar-refractivity contribution in [2.24, 2.45) is 5.92 Å². The lowest BCUT2D eigenvalue weighted by molar-refractivity contribution is -0.150. The third kappa shape index (κ3) is 17.8. The lowest BCUT2D eigenvalue weighted by Crippen LogP contribution is -2.46. The monoisotopic (exact) mass is 1190 g/mol. The van der Waals surface area contributed by atoms with Crippen LogP contribution in [0, 0.1) is 32.5 Å². The number of hydrogen-bond acceptors (Lipinski definition) is 12. The standard InChI is InChI=1S/C32H36ClFN4O4S2.C27H39N2O5PS/c1-21(2)38-22(3)32(43(4,39)40)30(31(38)23-6-8-25(33)9-7-23)24-18-26(34)20-29(19-24)37-16-14-36(15-17-37)28-12-10-27(11-13-28)35-44(5,41)42;1-21-9-10-26(22(2)19-21)28-24(20-36-25-7-4-3-5-8-25)13-16-29-14-11-23(12-15-29)27(30)34-17-6-18-35(31,32)33/h6-13,18-21,35H,14-17H2,1-5H3;3-5,7-10,19,23-24,28H,6,11-18,20H2,1-2H3,(H2,31,32,33)/t;24-/m.1/s1. The summed E-state index contributed by atoms with van der Waals surface area (Å²) in [4.78, 5) is 38.3. The molecule has 5 aromatic carbocycles. The van der Waals surface area contributed by atoms with Gasteiger partial charge in [0.15, 0.2) is 9.84 Å². The Hall–Kier alpha value is -5.37. The average molecular weight is 1190 g/mol. The average Bonchev–Trinajstić information content (AvgIpc) is 3.93. The number of piperidine rings is 1. The molecule has 432 valence electrons. The number of nitrogens with one attached hydrogen (secondary N) is 2. The van der Waals surface area contributed by atoms with E-state index in [9.17, 15) is 26.2 Å². The Morgan fingerprint density at radius 2 is 1.45 bits per heavy atom.